The van der Waals surface area contributed by atoms with E-state index in [0.29, 0.717) is 0 Å². The zero-order valence-corrected chi connectivity index (χ0v) is 9.63. The summed E-state index contributed by atoms with van der Waals surface area (Å²) in [6, 6.07) is 10.4. The van der Waals surface area contributed by atoms with Crippen LogP contribution in [0, 0.1) is 0 Å². The molecule has 1 saturated heterocycles. The van der Waals surface area contributed by atoms with Gasteiger partial charge < -0.3 is 9.16 Å². The Kier molecular flexibility index (Phi) is 3.34. The molecule has 0 saturated carbocycles. The molecule has 1 aliphatic rings. The van der Waals surface area contributed by atoms with Crippen LogP contribution < -0.4 is 0 Å². The molecule has 2 rings (SSSR count). The molecular weight excluding hydrogens is 192 g/mol. The fraction of sp³-hybridized carbons (Fsp3) is 0.455. The molecule has 1 atom stereocenters. The summed E-state index contributed by atoms with van der Waals surface area (Å²) in [5, 5.41) is 0. The molecular formula is C11H16O2Si. The van der Waals surface area contributed by atoms with Crippen LogP contribution in [0.4, 0.5) is 0 Å². The quantitative estimate of drug-likeness (QED) is 0.704. The fourth-order valence-electron chi connectivity index (χ4n) is 1.46. The maximum atomic E-state index is 5.89. The smallest absolute Gasteiger partial charge is 0.182 e. The number of benzene rings is 1. The summed E-state index contributed by atoms with van der Waals surface area (Å²) < 4.78 is 11.1. The van der Waals surface area contributed by atoms with Crippen LogP contribution in [0.25, 0.3) is 0 Å². The third-order valence-electron chi connectivity index (χ3n) is 2.68. The van der Waals surface area contributed by atoms with Crippen molar-refractivity contribution in [3.63, 3.8) is 0 Å². The van der Waals surface area contributed by atoms with Gasteiger partial charge in [0.15, 0.2) is 9.04 Å². The van der Waals surface area contributed by atoms with E-state index in [-0.39, 0.29) is 0 Å². The molecule has 76 valence electrons. The molecule has 1 aliphatic heterocycles. The molecule has 1 fully saturated rings. The monoisotopic (exact) mass is 208 g/mol. The zero-order chi connectivity index (χ0) is 9.80. The molecule has 0 amide bonds. The molecule has 1 aromatic rings. The predicted octanol–water partition coefficient (Wildman–Crippen LogP) is 1.96. The number of rotatable bonds is 4. The van der Waals surface area contributed by atoms with Crippen molar-refractivity contribution >= 4 is 9.04 Å². The predicted molar refractivity (Wildman–Crippen MR) is 58.8 cm³/mol. The van der Waals surface area contributed by atoms with Gasteiger partial charge in [-0.2, -0.15) is 0 Å². The highest BCUT2D eigenvalue weighted by Gasteiger charge is 2.27. The van der Waals surface area contributed by atoms with E-state index >= 15 is 0 Å². The lowest BCUT2D eigenvalue weighted by atomic mass is 10.2. The van der Waals surface area contributed by atoms with Crippen molar-refractivity contribution in [1.82, 2.24) is 0 Å². The van der Waals surface area contributed by atoms with Crippen LogP contribution in [0.15, 0.2) is 30.3 Å². The van der Waals surface area contributed by atoms with Gasteiger partial charge in [0.05, 0.1) is 19.8 Å². The minimum atomic E-state index is -1.00. The van der Waals surface area contributed by atoms with Crippen molar-refractivity contribution < 1.29 is 9.16 Å². The maximum Gasteiger partial charge on any atom is 0.182 e. The Balaban J connectivity index is 1.76. The van der Waals surface area contributed by atoms with Gasteiger partial charge in [-0.3, -0.25) is 0 Å². The first-order valence-electron chi connectivity index (χ1n) is 5.09. The first kappa shape index (κ1) is 9.89. The Morgan fingerprint density at radius 3 is 2.64 bits per heavy atom. The van der Waals surface area contributed by atoms with E-state index in [9.17, 15) is 0 Å². The number of hydrogen-bond donors (Lipinski definition) is 0. The van der Waals surface area contributed by atoms with Crippen molar-refractivity contribution in [3.8, 4) is 0 Å². The van der Waals surface area contributed by atoms with Crippen LogP contribution >= 0.6 is 0 Å². The van der Waals surface area contributed by atoms with Crippen LogP contribution in [0.5, 0.6) is 0 Å². The van der Waals surface area contributed by atoms with E-state index in [1.807, 2.05) is 6.07 Å². The summed E-state index contributed by atoms with van der Waals surface area (Å²) in [7, 11) is -1.00. The molecule has 0 N–H and O–H groups in total. The average molecular weight is 208 g/mol. The van der Waals surface area contributed by atoms with Gasteiger partial charge in [0.25, 0.3) is 0 Å². The van der Waals surface area contributed by atoms with E-state index < -0.39 is 9.04 Å². The molecule has 1 unspecified atom stereocenters. The largest absolute Gasteiger partial charge is 0.416 e. The van der Waals surface area contributed by atoms with Gasteiger partial charge in [0.1, 0.15) is 0 Å². The second-order valence-electron chi connectivity index (χ2n) is 3.80. The van der Waals surface area contributed by atoms with Crippen molar-refractivity contribution in [2.75, 3.05) is 13.2 Å². The summed E-state index contributed by atoms with van der Waals surface area (Å²) in [6.07, 6.45) is 0. The molecule has 0 radical (unpaired) electrons. The van der Waals surface area contributed by atoms with Crippen LogP contribution in [-0.4, -0.2) is 22.3 Å². The molecule has 2 nitrogen and oxygen atoms in total. The van der Waals surface area contributed by atoms with Gasteiger partial charge in [-0.05, 0) is 12.1 Å². The normalized spacial score (nSPS) is 18.9. The zero-order valence-electron chi connectivity index (χ0n) is 8.48. The Hall–Kier alpha value is -0.643. The highest BCUT2D eigenvalue weighted by molar-refractivity contribution is 6.52. The lowest BCUT2D eigenvalue weighted by molar-refractivity contribution is 0.0278. The third-order valence-corrected chi connectivity index (χ3v) is 5.09. The van der Waals surface area contributed by atoms with Gasteiger partial charge >= 0.3 is 0 Å². The van der Waals surface area contributed by atoms with Crippen LogP contribution in [0.3, 0.4) is 0 Å². The van der Waals surface area contributed by atoms with Gasteiger partial charge in [-0.1, -0.05) is 30.3 Å². The summed E-state index contributed by atoms with van der Waals surface area (Å²) in [6.45, 7) is 4.87. The molecule has 14 heavy (non-hydrogen) atoms. The minimum absolute atomic E-state index is 0.735. The van der Waals surface area contributed by atoms with Gasteiger partial charge in [0.2, 0.25) is 0 Å². The molecule has 0 bridgehead atoms. The third kappa shape index (κ3) is 2.44. The van der Waals surface area contributed by atoms with Crippen LogP contribution in [0.2, 0.25) is 12.1 Å². The molecule has 0 spiro atoms. The van der Waals surface area contributed by atoms with E-state index in [1.54, 1.807) is 0 Å². The van der Waals surface area contributed by atoms with Crippen LogP contribution in [0.1, 0.15) is 5.56 Å². The van der Waals surface area contributed by atoms with Crippen LogP contribution in [-0.2, 0) is 15.8 Å². The summed E-state index contributed by atoms with van der Waals surface area (Å²) in [5.41, 5.74) is 2.01. The first-order valence-corrected chi connectivity index (χ1v) is 7.39. The molecule has 3 heteroatoms. The first-order chi connectivity index (χ1) is 6.86. The Labute approximate surface area is 86.6 Å². The van der Waals surface area contributed by atoms with Gasteiger partial charge in [-0.15, -0.1) is 0 Å². The van der Waals surface area contributed by atoms with E-state index in [2.05, 4.69) is 30.8 Å². The Bertz CT molecular complexity index is 272. The van der Waals surface area contributed by atoms with Crippen molar-refractivity contribution in [2.45, 2.75) is 18.7 Å². The lowest BCUT2D eigenvalue weighted by Gasteiger charge is -2.30. The lowest BCUT2D eigenvalue weighted by Crippen LogP contribution is -2.35. The van der Waals surface area contributed by atoms with Gasteiger partial charge in [0, 0.05) is 5.54 Å². The average Bonchev–Trinajstić information content (AvgIpc) is 2.14. The standard InChI is InChI=1S/C11H16O2Si/c1-14(11-8-12-9-11)13-7-10-5-3-2-4-6-10/h2-6,11,14H,7-9H2,1H3. The number of ether oxygens (including phenoxy) is 1. The summed E-state index contributed by atoms with van der Waals surface area (Å²) in [5.74, 6) is 0. The number of hydrogen-bond acceptors (Lipinski definition) is 2. The topological polar surface area (TPSA) is 18.5 Å². The minimum Gasteiger partial charge on any atom is -0.416 e. The van der Waals surface area contributed by atoms with Gasteiger partial charge in [-0.25, -0.2) is 0 Å². The SMILES string of the molecule is C[SiH](OCc1ccccc1)C1COC1. The van der Waals surface area contributed by atoms with Crippen molar-refractivity contribution in [1.29, 1.82) is 0 Å². The maximum absolute atomic E-state index is 5.89. The summed E-state index contributed by atoms with van der Waals surface area (Å²) >= 11 is 0. The van der Waals surface area contributed by atoms with E-state index in [0.717, 1.165) is 25.4 Å². The second-order valence-corrected chi connectivity index (χ2v) is 6.49. The molecule has 1 heterocycles. The van der Waals surface area contributed by atoms with Crippen molar-refractivity contribution in [2.24, 2.45) is 0 Å². The highest BCUT2D eigenvalue weighted by atomic mass is 28.3. The molecule has 0 aromatic heterocycles. The second kappa shape index (κ2) is 4.73. The molecule has 0 aliphatic carbocycles. The van der Waals surface area contributed by atoms with Crippen molar-refractivity contribution in [3.05, 3.63) is 35.9 Å². The highest BCUT2D eigenvalue weighted by Crippen LogP contribution is 2.21. The molecule has 1 aromatic carbocycles. The summed E-state index contributed by atoms with van der Waals surface area (Å²) in [4.78, 5) is 0. The Morgan fingerprint density at radius 2 is 2.07 bits per heavy atom. The Morgan fingerprint density at radius 1 is 1.36 bits per heavy atom. The fourth-order valence-corrected chi connectivity index (χ4v) is 3.00. The van der Waals surface area contributed by atoms with E-state index in [1.165, 1.54) is 5.56 Å². The van der Waals surface area contributed by atoms with E-state index in [4.69, 9.17) is 9.16 Å².